The van der Waals surface area contributed by atoms with Crippen LogP contribution < -0.4 is 5.32 Å². The molecule has 134 valence electrons. The number of aryl methyl sites for hydroxylation is 2. The van der Waals surface area contributed by atoms with Gasteiger partial charge in [-0.15, -0.1) is 11.3 Å². The molecule has 0 bridgehead atoms. The van der Waals surface area contributed by atoms with Crippen LogP contribution in [-0.4, -0.2) is 15.5 Å². The van der Waals surface area contributed by atoms with Crippen molar-refractivity contribution in [3.8, 4) is 11.3 Å². The first-order valence-electron chi connectivity index (χ1n) is 9.01. The Hall–Kier alpha value is -2.40. The normalized spacial score (nSPS) is 13.8. The maximum atomic E-state index is 12.4. The van der Waals surface area contributed by atoms with E-state index in [0.29, 0.717) is 12.5 Å². The second kappa shape index (κ2) is 6.72. The van der Waals surface area contributed by atoms with Crippen LogP contribution in [0.25, 0.3) is 11.3 Å². The van der Waals surface area contributed by atoms with Crippen LogP contribution in [-0.2, 0) is 11.2 Å². The van der Waals surface area contributed by atoms with Crippen molar-refractivity contribution in [3.05, 3.63) is 57.7 Å². The quantitative estimate of drug-likeness (QED) is 0.687. The number of para-hydroxylation sites is 1. The molecule has 0 aliphatic heterocycles. The summed E-state index contributed by atoms with van der Waals surface area (Å²) in [5, 5.41) is 5.89. The highest BCUT2D eigenvalue weighted by Gasteiger charge is 2.27. The van der Waals surface area contributed by atoms with Gasteiger partial charge in [-0.25, -0.2) is 4.98 Å². The first kappa shape index (κ1) is 17.0. The summed E-state index contributed by atoms with van der Waals surface area (Å²) in [6.45, 7) is 6.33. The molecule has 1 aliphatic rings. The van der Waals surface area contributed by atoms with Crippen molar-refractivity contribution in [3.63, 3.8) is 0 Å². The Balaban J connectivity index is 1.49. The van der Waals surface area contributed by atoms with E-state index in [2.05, 4.69) is 35.2 Å². The van der Waals surface area contributed by atoms with E-state index in [1.807, 2.05) is 31.2 Å². The molecule has 26 heavy (non-hydrogen) atoms. The maximum Gasteiger partial charge on any atom is 0.231 e. The van der Waals surface area contributed by atoms with Gasteiger partial charge in [-0.1, -0.05) is 18.2 Å². The number of anilines is 1. The summed E-state index contributed by atoms with van der Waals surface area (Å²) < 4.78 is 2.43. The zero-order valence-corrected chi connectivity index (χ0v) is 16.2. The average Bonchev–Trinajstić information content (AvgIpc) is 3.25. The van der Waals surface area contributed by atoms with Crippen molar-refractivity contribution in [2.24, 2.45) is 0 Å². The highest BCUT2D eigenvalue weighted by Crippen LogP contribution is 2.40. The number of hydrogen-bond donors (Lipinski definition) is 1. The van der Waals surface area contributed by atoms with Crippen molar-refractivity contribution in [2.45, 2.75) is 46.1 Å². The summed E-state index contributed by atoms with van der Waals surface area (Å²) in [4.78, 5) is 17.1. The maximum absolute atomic E-state index is 12.4. The van der Waals surface area contributed by atoms with Gasteiger partial charge in [-0.3, -0.25) is 4.79 Å². The molecule has 1 aliphatic carbocycles. The minimum Gasteiger partial charge on any atom is -0.345 e. The van der Waals surface area contributed by atoms with Crippen molar-refractivity contribution >= 4 is 22.9 Å². The molecule has 2 aromatic heterocycles. The first-order chi connectivity index (χ1) is 12.5. The Morgan fingerprint density at radius 1 is 1.27 bits per heavy atom. The summed E-state index contributed by atoms with van der Waals surface area (Å²) in [5.41, 5.74) is 6.68. The Morgan fingerprint density at radius 2 is 2.04 bits per heavy atom. The Morgan fingerprint density at radius 3 is 2.77 bits per heavy atom. The predicted octanol–water partition coefficient (Wildman–Crippen LogP) is 5.05. The first-order valence-corrected chi connectivity index (χ1v) is 9.89. The molecule has 4 nitrogen and oxygen atoms in total. The van der Waals surface area contributed by atoms with Crippen LogP contribution >= 0.6 is 11.3 Å². The molecular weight excluding hydrogens is 342 g/mol. The lowest BCUT2D eigenvalue weighted by Crippen LogP contribution is -2.14. The standard InChI is InChI=1S/C21H23N3OS/c1-13-6-4-5-7-18(13)22-20(25)11-21-23-19(12-26-21)17-10-14(2)24(15(17)3)16-8-9-16/h4-7,10,12,16H,8-9,11H2,1-3H3,(H,22,25). The topological polar surface area (TPSA) is 46.9 Å². The second-order valence-electron chi connectivity index (χ2n) is 7.05. The summed E-state index contributed by atoms with van der Waals surface area (Å²) in [6.07, 6.45) is 2.86. The summed E-state index contributed by atoms with van der Waals surface area (Å²) in [7, 11) is 0. The number of amides is 1. The van der Waals surface area contributed by atoms with E-state index < -0.39 is 0 Å². The number of hydrogen-bond acceptors (Lipinski definition) is 3. The van der Waals surface area contributed by atoms with Gasteiger partial charge in [0.2, 0.25) is 5.91 Å². The van der Waals surface area contributed by atoms with E-state index in [0.717, 1.165) is 22.0 Å². The molecule has 0 saturated heterocycles. The monoisotopic (exact) mass is 365 g/mol. The minimum absolute atomic E-state index is 0.0244. The molecule has 0 spiro atoms. The van der Waals surface area contributed by atoms with Crippen molar-refractivity contribution in [1.82, 2.24) is 9.55 Å². The van der Waals surface area contributed by atoms with Gasteiger partial charge >= 0.3 is 0 Å². The number of aromatic nitrogens is 2. The molecular formula is C21H23N3OS. The van der Waals surface area contributed by atoms with Gasteiger partial charge in [-0.2, -0.15) is 0 Å². The lowest BCUT2D eigenvalue weighted by Gasteiger charge is -2.07. The highest BCUT2D eigenvalue weighted by atomic mass is 32.1. The lowest BCUT2D eigenvalue weighted by atomic mass is 10.2. The molecule has 1 saturated carbocycles. The molecule has 1 fully saturated rings. The number of nitrogens with one attached hydrogen (secondary N) is 1. The number of carbonyl (C=O) groups is 1. The van der Waals surface area contributed by atoms with Crippen LogP contribution in [0.5, 0.6) is 0 Å². The molecule has 1 N–H and O–H groups in total. The molecule has 0 atom stereocenters. The van der Waals surface area contributed by atoms with Gasteiger partial charge in [0, 0.05) is 34.1 Å². The van der Waals surface area contributed by atoms with Gasteiger partial charge in [0.15, 0.2) is 0 Å². The van der Waals surface area contributed by atoms with E-state index in [4.69, 9.17) is 4.98 Å². The van der Waals surface area contributed by atoms with Gasteiger partial charge in [-0.05, 0) is 51.3 Å². The minimum atomic E-state index is -0.0244. The van der Waals surface area contributed by atoms with Gasteiger partial charge in [0.05, 0.1) is 12.1 Å². The molecule has 5 heteroatoms. The van der Waals surface area contributed by atoms with Crippen LogP contribution in [0, 0.1) is 20.8 Å². The molecule has 0 radical (unpaired) electrons. The van der Waals surface area contributed by atoms with E-state index in [9.17, 15) is 4.79 Å². The van der Waals surface area contributed by atoms with Gasteiger partial charge in [0.1, 0.15) is 5.01 Å². The van der Waals surface area contributed by atoms with E-state index >= 15 is 0 Å². The Labute approximate surface area is 157 Å². The fourth-order valence-electron chi connectivity index (χ4n) is 3.49. The summed E-state index contributed by atoms with van der Waals surface area (Å²) >= 11 is 1.55. The number of nitrogens with zero attached hydrogens (tertiary/aromatic N) is 2. The number of benzene rings is 1. The number of rotatable bonds is 5. The average molecular weight is 366 g/mol. The van der Waals surface area contributed by atoms with Crippen molar-refractivity contribution < 1.29 is 4.79 Å². The van der Waals surface area contributed by atoms with Crippen LogP contribution in [0.1, 0.15) is 40.8 Å². The van der Waals surface area contributed by atoms with Gasteiger partial charge in [0.25, 0.3) is 0 Å². The molecule has 0 unspecified atom stereocenters. The summed E-state index contributed by atoms with van der Waals surface area (Å²) in [5.74, 6) is -0.0244. The Bertz CT molecular complexity index is 966. The van der Waals surface area contributed by atoms with E-state index in [1.54, 1.807) is 11.3 Å². The molecule has 4 rings (SSSR count). The summed E-state index contributed by atoms with van der Waals surface area (Å²) in [6, 6.07) is 10.7. The molecule has 1 amide bonds. The zero-order chi connectivity index (χ0) is 18.3. The second-order valence-corrected chi connectivity index (χ2v) is 7.99. The number of thiazole rings is 1. The fraction of sp³-hybridized carbons (Fsp3) is 0.333. The molecule has 3 aromatic rings. The van der Waals surface area contributed by atoms with E-state index in [1.165, 1.54) is 29.8 Å². The van der Waals surface area contributed by atoms with Crippen molar-refractivity contribution in [1.29, 1.82) is 0 Å². The third-order valence-corrected chi connectivity index (χ3v) is 5.80. The smallest absolute Gasteiger partial charge is 0.231 e. The SMILES string of the molecule is Cc1ccccc1NC(=O)Cc1nc(-c2cc(C)n(C3CC3)c2C)cs1. The zero-order valence-electron chi connectivity index (χ0n) is 15.4. The predicted molar refractivity (Wildman–Crippen MR) is 107 cm³/mol. The van der Waals surface area contributed by atoms with E-state index in [-0.39, 0.29) is 5.91 Å². The Kier molecular flexibility index (Phi) is 4.41. The largest absolute Gasteiger partial charge is 0.345 e. The lowest BCUT2D eigenvalue weighted by molar-refractivity contribution is -0.115. The molecule has 2 heterocycles. The van der Waals surface area contributed by atoms with Crippen LogP contribution in [0.15, 0.2) is 35.7 Å². The molecule has 1 aromatic carbocycles. The highest BCUT2D eigenvalue weighted by molar-refractivity contribution is 7.10. The third-order valence-electron chi connectivity index (χ3n) is 4.96. The fourth-order valence-corrected chi connectivity index (χ4v) is 4.28. The van der Waals surface area contributed by atoms with Crippen LogP contribution in [0.4, 0.5) is 5.69 Å². The third kappa shape index (κ3) is 3.31. The van der Waals surface area contributed by atoms with Gasteiger partial charge < -0.3 is 9.88 Å². The van der Waals surface area contributed by atoms with Crippen LogP contribution in [0.2, 0.25) is 0 Å². The van der Waals surface area contributed by atoms with Crippen molar-refractivity contribution in [2.75, 3.05) is 5.32 Å². The number of carbonyl (C=O) groups excluding carboxylic acids is 1. The van der Waals surface area contributed by atoms with Crippen LogP contribution in [0.3, 0.4) is 0 Å².